The maximum atomic E-state index is 13.0. The van der Waals surface area contributed by atoms with Crippen molar-refractivity contribution in [2.75, 3.05) is 38.2 Å². The Morgan fingerprint density at radius 2 is 1.86 bits per heavy atom. The minimum Gasteiger partial charge on any atom is -0.491 e. The van der Waals surface area contributed by atoms with Crippen LogP contribution in [0.1, 0.15) is 32.3 Å². The quantitative estimate of drug-likeness (QED) is 0.357. The van der Waals surface area contributed by atoms with Crippen LogP contribution in [0.2, 0.25) is 0 Å². The van der Waals surface area contributed by atoms with Gasteiger partial charge in [0, 0.05) is 13.1 Å². The summed E-state index contributed by atoms with van der Waals surface area (Å²) in [5.74, 6) is -0.227. The van der Waals surface area contributed by atoms with Crippen LogP contribution < -0.4 is 15.4 Å². The second-order valence-electron chi connectivity index (χ2n) is 8.96. The number of ether oxygens (including phenoxy) is 2. The van der Waals surface area contributed by atoms with E-state index in [1.54, 1.807) is 0 Å². The second kappa shape index (κ2) is 13.4. The monoisotopic (exact) mass is 481 g/mol. The van der Waals surface area contributed by atoms with Gasteiger partial charge in [0.05, 0.1) is 31.9 Å². The molecule has 0 bridgehead atoms. The highest BCUT2D eigenvalue weighted by Gasteiger charge is 2.35. The molecular weight excluding hydrogens is 446 g/mol. The van der Waals surface area contributed by atoms with Gasteiger partial charge in [-0.2, -0.15) is 0 Å². The van der Waals surface area contributed by atoms with Crippen molar-refractivity contribution in [1.82, 2.24) is 10.2 Å². The fourth-order valence-corrected chi connectivity index (χ4v) is 3.81. The van der Waals surface area contributed by atoms with Crippen molar-refractivity contribution >= 4 is 23.5 Å². The third-order valence-corrected chi connectivity index (χ3v) is 5.62. The smallest absolute Gasteiger partial charge is 0.308 e. The first-order chi connectivity index (χ1) is 16.9. The number of para-hydroxylation sites is 2. The highest BCUT2D eigenvalue weighted by Crippen LogP contribution is 2.24. The van der Waals surface area contributed by atoms with E-state index in [-0.39, 0.29) is 37.3 Å². The molecule has 0 spiro atoms. The van der Waals surface area contributed by atoms with Crippen LogP contribution in [0.3, 0.4) is 0 Å². The molecule has 8 nitrogen and oxygen atoms in total. The lowest BCUT2D eigenvalue weighted by molar-refractivity contribution is -0.152. The predicted molar refractivity (Wildman–Crippen MR) is 134 cm³/mol. The van der Waals surface area contributed by atoms with Gasteiger partial charge < -0.3 is 25.0 Å². The van der Waals surface area contributed by atoms with Gasteiger partial charge in [-0.1, -0.05) is 56.3 Å². The number of esters is 1. The van der Waals surface area contributed by atoms with Crippen molar-refractivity contribution < 1.29 is 23.9 Å². The number of piperazine rings is 1. The number of anilines is 1. The van der Waals surface area contributed by atoms with Gasteiger partial charge in [-0.05, 0) is 36.5 Å². The molecule has 1 saturated heterocycles. The number of nitrogens with zero attached hydrogens (tertiary/aromatic N) is 1. The molecule has 1 atom stereocenters. The predicted octanol–water partition coefficient (Wildman–Crippen LogP) is 3.03. The Kier molecular flexibility index (Phi) is 9.95. The largest absolute Gasteiger partial charge is 0.491 e. The maximum Gasteiger partial charge on any atom is 0.308 e. The minimum absolute atomic E-state index is 0.0186. The van der Waals surface area contributed by atoms with Crippen molar-refractivity contribution in [3.63, 3.8) is 0 Å². The minimum atomic E-state index is -0.873. The Bertz CT molecular complexity index is 980. The third-order valence-electron chi connectivity index (χ3n) is 5.62. The molecule has 188 valence electrons. The van der Waals surface area contributed by atoms with Crippen molar-refractivity contribution in [2.24, 2.45) is 5.92 Å². The molecular formula is C27H35N3O5. The SMILES string of the molecule is CC(C)COC(=O)CC1C(=O)NCCN1C(=O)CNc1ccccc1OCCCc1ccccc1. The normalized spacial score (nSPS) is 15.5. The van der Waals surface area contributed by atoms with Crippen LogP contribution in [0.5, 0.6) is 5.75 Å². The molecule has 0 radical (unpaired) electrons. The average molecular weight is 482 g/mol. The van der Waals surface area contributed by atoms with E-state index in [9.17, 15) is 14.4 Å². The second-order valence-corrected chi connectivity index (χ2v) is 8.96. The van der Waals surface area contributed by atoms with Gasteiger partial charge >= 0.3 is 5.97 Å². The molecule has 3 rings (SSSR count). The summed E-state index contributed by atoms with van der Waals surface area (Å²) in [6.07, 6.45) is 1.63. The number of carbonyl (C=O) groups is 3. The molecule has 2 amide bonds. The molecule has 1 aliphatic rings. The Balaban J connectivity index is 1.52. The van der Waals surface area contributed by atoms with Crippen molar-refractivity contribution in [2.45, 2.75) is 39.2 Å². The maximum absolute atomic E-state index is 13.0. The van der Waals surface area contributed by atoms with Crippen LogP contribution in [-0.2, 0) is 25.5 Å². The van der Waals surface area contributed by atoms with Crippen molar-refractivity contribution in [3.05, 3.63) is 60.2 Å². The van der Waals surface area contributed by atoms with E-state index in [4.69, 9.17) is 9.47 Å². The molecule has 0 saturated carbocycles. The summed E-state index contributed by atoms with van der Waals surface area (Å²) in [6.45, 7) is 5.38. The molecule has 35 heavy (non-hydrogen) atoms. The van der Waals surface area contributed by atoms with Gasteiger partial charge in [0.15, 0.2) is 0 Å². The third kappa shape index (κ3) is 8.31. The molecule has 1 unspecified atom stereocenters. The summed E-state index contributed by atoms with van der Waals surface area (Å²) in [5, 5.41) is 5.86. The first-order valence-corrected chi connectivity index (χ1v) is 12.2. The van der Waals surface area contributed by atoms with Gasteiger partial charge in [0.1, 0.15) is 11.8 Å². The molecule has 8 heteroatoms. The van der Waals surface area contributed by atoms with Gasteiger partial charge in [0.2, 0.25) is 11.8 Å². The number of benzene rings is 2. The summed E-state index contributed by atoms with van der Waals surface area (Å²) in [7, 11) is 0. The van der Waals surface area contributed by atoms with Crippen LogP contribution in [0.4, 0.5) is 5.69 Å². The van der Waals surface area contributed by atoms with Gasteiger partial charge in [-0.15, -0.1) is 0 Å². The molecule has 2 aromatic rings. The number of carbonyl (C=O) groups excluding carboxylic acids is 3. The number of hydrogen-bond acceptors (Lipinski definition) is 6. The molecule has 0 aliphatic carbocycles. The van der Waals surface area contributed by atoms with E-state index >= 15 is 0 Å². The lowest BCUT2D eigenvalue weighted by Gasteiger charge is -2.34. The molecule has 2 aromatic carbocycles. The lowest BCUT2D eigenvalue weighted by Crippen LogP contribution is -2.58. The molecule has 1 heterocycles. The highest BCUT2D eigenvalue weighted by molar-refractivity contribution is 5.93. The van der Waals surface area contributed by atoms with E-state index in [0.29, 0.717) is 31.1 Å². The summed E-state index contributed by atoms with van der Waals surface area (Å²) < 4.78 is 11.2. The zero-order chi connectivity index (χ0) is 25.0. The standard InChI is InChI=1S/C27H35N3O5/c1-20(2)19-35-26(32)17-23-27(33)28-14-15-30(23)25(31)18-29-22-12-6-7-13-24(22)34-16-8-11-21-9-4-3-5-10-21/h3-7,9-10,12-13,20,23,29H,8,11,14-19H2,1-2H3,(H,28,33). The van der Waals surface area contributed by atoms with Crippen LogP contribution in [0.15, 0.2) is 54.6 Å². The molecule has 1 aliphatic heterocycles. The van der Waals surface area contributed by atoms with Gasteiger partial charge in [-0.25, -0.2) is 0 Å². The van der Waals surface area contributed by atoms with Crippen LogP contribution in [0.25, 0.3) is 0 Å². The number of aryl methyl sites for hydroxylation is 1. The number of rotatable bonds is 12. The zero-order valence-electron chi connectivity index (χ0n) is 20.5. The zero-order valence-corrected chi connectivity index (χ0v) is 20.5. The summed E-state index contributed by atoms with van der Waals surface area (Å²) in [6, 6.07) is 16.8. The summed E-state index contributed by atoms with van der Waals surface area (Å²) in [4.78, 5) is 39.0. The van der Waals surface area contributed by atoms with E-state index in [2.05, 4.69) is 22.8 Å². The lowest BCUT2D eigenvalue weighted by atomic mass is 10.1. The van der Waals surface area contributed by atoms with Crippen LogP contribution in [0, 0.1) is 5.92 Å². The topological polar surface area (TPSA) is 97.0 Å². The first kappa shape index (κ1) is 26.1. The summed E-state index contributed by atoms with van der Waals surface area (Å²) in [5.41, 5.74) is 1.97. The Morgan fingerprint density at radius 3 is 2.63 bits per heavy atom. The van der Waals surface area contributed by atoms with Crippen molar-refractivity contribution in [3.8, 4) is 5.75 Å². The Labute approximate surface area is 207 Å². The Morgan fingerprint density at radius 1 is 1.11 bits per heavy atom. The van der Waals surface area contributed by atoms with Crippen LogP contribution in [-0.4, -0.2) is 61.6 Å². The first-order valence-electron chi connectivity index (χ1n) is 12.2. The average Bonchev–Trinajstić information content (AvgIpc) is 2.86. The molecule has 1 fully saturated rings. The number of nitrogens with one attached hydrogen (secondary N) is 2. The fraction of sp³-hybridized carbons (Fsp3) is 0.444. The number of hydrogen-bond donors (Lipinski definition) is 2. The van der Waals surface area contributed by atoms with E-state index in [1.165, 1.54) is 10.5 Å². The Hall–Kier alpha value is -3.55. The number of amides is 2. The van der Waals surface area contributed by atoms with Crippen LogP contribution >= 0.6 is 0 Å². The fourth-order valence-electron chi connectivity index (χ4n) is 3.81. The van der Waals surface area contributed by atoms with E-state index in [1.807, 2.05) is 56.3 Å². The molecule has 0 aromatic heterocycles. The highest BCUT2D eigenvalue weighted by atomic mass is 16.5. The van der Waals surface area contributed by atoms with Gasteiger partial charge in [-0.3, -0.25) is 14.4 Å². The van der Waals surface area contributed by atoms with E-state index in [0.717, 1.165) is 12.8 Å². The van der Waals surface area contributed by atoms with E-state index < -0.39 is 12.0 Å². The summed E-state index contributed by atoms with van der Waals surface area (Å²) >= 11 is 0. The molecule has 2 N–H and O–H groups in total. The van der Waals surface area contributed by atoms with Gasteiger partial charge in [0.25, 0.3) is 0 Å². The van der Waals surface area contributed by atoms with Crippen molar-refractivity contribution in [1.29, 1.82) is 0 Å².